The maximum atomic E-state index is 12.9. The molecule has 0 radical (unpaired) electrons. The van der Waals surface area contributed by atoms with Crippen LogP contribution in [0.4, 0.5) is 5.69 Å². The Bertz CT molecular complexity index is 1120. The van der Waals surface area contributed by atoms with Crippen molar-refractivity contribution in [2.24, 2.45) is 0 Å². The standard InChI is InChI=1S/C21H21NO6S/c1-13-5-8-15(9-6-13)29(26,27)18(23)12-21(2)16-11-14(19(24)28-4)7-10-17(16)22(3)20(21)25/h5-11H,12H2,1-4H3. The van der Waals surface area contributed by atoms with Gasteiger partial charge in [0.15, 0.2) is 0 Å². The van der Waals surface area contributed by atoms with Crippen molar-refractivity contribution in [3.8, 4) is 0 Å². The summed E-state index contributed by atoms with van der Waals surface area (Å²) in [5.74, 6) is -1.00. The van der Waals surface area contributed by atoms with Gasteiger partial charge in [0.05, 0.1) is 23.0 Å². The number of ether oxygens (including phenoxy) is 1. The van der Waals surface area contributed by atoms with Crippen LogP contribution < -0.4 is 4.90 Å². The molecule has 1 atom stereocenters. The van der Waals surface area contributed by atoms with Gasteiger partial charge in [-0.05, 0) is 49.7 Å². The third kappa shape index (κ3) is 3.33. The molecule has 0 saturated heterocycles. The molecule has 0 bridgehead atoms. The minimum Gasteiger partial charge on any atom is -0.465 e. The van der Waals surface area contributed by atoms with Crippen LogP contribution in [0.1, 0.15) is 34.8 Å². The molecule has 0 aliphatic carbocycles. The van der Waals surface area contributed by atoms with Crippen molar-refractivity contribution in [3.63, 3.8) is 0 Å². The lowest BCUT2D eigenvalue weighted by molar-refractivity contribution is -0.125. The molecule has 2 aromatic rings. The van der Waals surface area contributed by atoms with Crippen molar-refractivity contribution in [3.05, 3.63) is 59.2 Å². The highest BCUT2D eigenvalue weighted by Gasteiger charge is 2.49. The van der Waals surface area contributed by atoms with E-state index in [1.54, 1.807) is 25.2 Å². The molecule has 0 fully saturated rings. The van der Waals surface area contributed by atoms with Crippen molar-refractivity contribution >= 4 is 32.5 Å². The van der Waals surface area contributed by atoms with E-state index in [9.17, 15) is 22.8 Å². The molecule has 7 nitrogen and oxygen atoms in total. The second-order valence-corrected chi connectivity index (χ2v) is 9.22. The summed E-state index contributed by atoms with van der Waals surface area (Å²) < 4.78 is 30.2. The van der Waals surface area contributed by atoms with E-state index in [1.165, 1.54) is 43.2 Å². The first-order chi connectivity index (χ1) is 13.5. The van der Waals surface area contributed by atoms with Gasteiger partial charge in [0.2, 0.25) is 15.7 Å². The number of esters is 1. The number of anilines is 1. The zero-order chi connectivity index (χ0) is 21.6. The van der Waals surface area contributed by atoms with Crippen LogP contribution in [0, 0.1) is 6.92 Å². The number of likely N-dealkylation sites (N-methyl/N-ethyl adjacent to an activating group) is 1. The zero-order valence-corrected chi connectivity index (χ0v) is 17.4. The van der Waals surface area contributed by atoms with E-state index in [4.69, 9.17) is 4.74 Å². The van der Waals surface area contributed by atoms with Crippen molar-refractivity contribution < 1.29 is 27.5 Å². The number of sulfone groups is 1. The highest BCUT2D eigenvalue weighted by Crippen LogP contribution is 2.44. The van der Waals surface area contributed by atoms with Crippen LogP contribution in [-0.2, 0) is 29.6 Å². The van der Waals surface area contributed by atoms with Gasteiger partial charge in [-0.25, -0.2) is 13.2 Å². The second kappa shape index (κ2) is 7.11. The highest BCUT2D eigenvalue weighted by molar-refractivity contribution is 8.06. The molecule has 1 amide bonds. The van der Waals surface area contributed by atoms with Gasteiger partial charge in [0.1, 0.15) is 0 Å². The van der Waals surface area contributed by atoms with E-state index in [0.717, 1.165) is 5.56 Å². The number of fused-ring (bicyclic) bond motifs is 1. The number of amides is 1. The summed E-state index contributed by atoms with van der Waals surface area (Å²) in [4.78, 5) is 38.9. The Kier molecular flexibility index (Phi) is 5.08. The quantitative estimate of drug-likeness (QED) is 0.712. The summed E-state index contributed by atoms with van der Waals surface area (Å²) in [6.45, 7) is 3.32. The first-order valence-corrected chi connectivity index (χ1v) is 10.4. The molecule has 29 heavy (non-hydrogen) atoms. The third-order valence-corrected chi connectivity index (χ3v) is 6.92. The predicted molar refractivity (Wildman–Crippen MR) is 107 cm³/mol. The maximum absolute atomic E-state index is 12.9. The Hall–Kier alpha value is -3.00. The molecule has 152 valence electrons. The van der Waals surface area contributed by atoms with Crippen LogP contribution in [-0.4, -0.2) is 39.6 Å². The first-order valence-electron chi connectivity index (χ1n) is 8.88. The third-order valence-electron chi connectivity index (χ3n) is 5.28. The molecule has 0 N–H and O–H groups in total. The fraction of sp³-hybridized carbons (Fsp3) is 0.286. The number of hydrogen-bond acceptors (Lipinski definition) is 6. The van der Waals surface area contributed by atoms with Crippen molar-refractivity contribution in [1.82, 2.24) is 0 Å². The number of hydrogen-bond donors (Lipinski definition) is 0. The SMILES string of the molecule is COC(=O)c1ccc2c(c1)C(C)(CC(=O)S(=O)(=O)c1ccc(C)cc1)C(=O)N2C. The minimum absolute atomic E-state index is 0.112. The molecule has 1 unspecified atom stereocenters. The molecule has 1 heterocycles. The molecule has 1 aliphatic rings. The van der Waals surface area contributed by atoms with Crippen LogP contribution in [0.3, 0.4) is 0 Å². The highest BCUT2D eigenvalue weighted by atomic mass is 32.2. The molecular formula is C21H21NO6S. The summed E-state index contributed by atoms with van der Waals surface area (Å²) in [6.07, 6.45) is -0.538. The Morgan fingerprint density at radius 3 is 2.31 bits per heavy atom. The van der Waals surface area contributed by atoms with Gasteiger partial charge in [-0.2, -0.15) is 0 Å². The molecule has 3 rings (SSSR count). The van der Waals surface area contributed by atoms with Crippen molar-refractivity contribution in [2.75, 3.05) is 19.1 Å². The maximum Gasteiger partial charge on any atom is 0.337 e. The van der Waals surface area contributed by atoms with Gasteiger partial charge >= 0.3 is 5.97 Å². The van der Waals surface area contributed by atoms with Gasteiger partial charge < -0.3 is 9.64 Å². The van der Waals surface area contributed by atoms with Crippen LogP contribution in [0.25, 0.3) is 0 Å². The van der Waals surface area contributed by atoms with Crippen LogP contribution >= 0.6 is 0 Å². The smallest absolute Gasteiger partial charge is 0.337 e. The molecule has 2 aromatic carbocycles. The van der Waals surface area contributed by atoms with Crippen LogP contribution in [0.15, 0.2) is 47.4 Å². The van der Waals surface area contributed by atoms with Gasteiger partial charge in [0, 0.05) is 19.2 Å². The number of aryl methyl sites for hydroxylation is 1. The summed E-state index contributed by atoms with van der Waals surface area (Å²) in [6, 6.07) is 10.5. The number of benzene rings is 2. The number of carbonyl (C=O) groups excluding carboxylic acids is 3. The first kappa shape index (κ1) is 20.7. The van der Waals surface area contributed by atoms with E-state index >= 15 is 0 Å². The van der Waals surface area contributed by atoms with Gasteiger partial charge in [0.25, 0.3) is 5.12 Å². The summed E-state index contributed by atoms with van der Waals surface area (Å²) in [7, 11) is -1.47. The fourth-order valence-corrected chi connectivity index (χ4v) is 4.75. The topological polar surface area (TPSA) is 97.8 Å². The largest absolute Gasteiger partial charge is 0.465 e. The Balaban J connectivity index is 2.02. The number of methoxy groups -OCH3 is 1. The second-order valence-electron chi connectivity index (χ2n) is 7.29. The molecule has 8 heteroatoms. The van der Waals surface area contributed by atoms with E-state index < -0.39 is 38.7 Å². The Morgan fingerprint density at radius 2 is 1.72 bits per heavy atom. The average Bonchev–Trinajstić information content (AvgIpc) is 2.88. The lowest BCUT2D eigenvalue weighted by Crippen LogP contribution is -2.39. The average molecular weight is 415 g/mol. The van der Waals surface area contributed by atoms with Gasteiger partial charge in [-0.3, -0.25) is 9.59 Å². The Morgan fingerprint density at radius 1 is 1.10 bits per heavy atom. The predicted octanol–water partition coefficient (Wildman–Crippen LogP) is 2.41. The van der Waals surface area contributed by atoms with E-state index in [1.807, 2.05) is 6.92 Å². The van der Waals surface area contributed by atoms with Crippen molar-refractivity contribution in [1.29, 1.82) is 0 Å². The molecular weight excluding hydrogens is 394 g/mol. The normalized spacial score (nSPS) is 18.5. The molecule has 0 spiro atoms. The summed E-state index contributed by atoms with van der Waals surface area (Å²) >= 11 is 0. The van der Waals surface area contributed by atoms with E-state index in [0.29, 0.717) is 11.3 Å². The molecule has 0 saturated carbocycles. The van der Waals surface area contributed by atoms with Crippen LogP contribution in [0.2, 0.25) is 0 Å². The van der Waals surface area contributed by atoms with Crippen molar-refractivity contribution in [2.45, 2.75) is 30.6 Å². The fourth-order valence-electron chi connectivity index (χ4n) is 3.51. The number of rotatable bonds is 4. The lowest BCUT2D eigenvalue weighted by Gasteiger charge is -2.22. The minimum atomic E-state index is -4.26. The summed E-state index contributed by atoms with van der Waals surface area (Å²) in [5.41, 5.74) is 0.601. The van der Waals surface area contributed by atoms with Gasteiger partial charge in [-0.1, -0.05) is 17.7 Å². The number of nitrogens with zero attached hydrogens (tertiary/aromatic N) is 1. The lowest BCUT2D eigenvalue weighted by atomic mass is 9.80. The monoisotopic (exact) mass is 415 g/mol. The van der Waals surface area contributed by atoms with E-state index in [2.05, 4.69) is 0 Å². The summed E-state index contributed by atoms with van der Waals surface area (Å²) in [5, 5.41) is -1.05. The Labute approximate surface area is 169 Å². The van der Waals surface area contributed by atoms with Gasteiger partial charge in [-0.15, -0.1) is 0 Å². The van der Waals surface area contributed by atoms with E-state index in [-0.39, 0.29) is 10.5 Å². The van der Waals surface area contributed by atoms with Crippen LogP contribution in [0.5, 0.6) is 0 Å². The molecule has 0 aromatic heterocycles. The zero-order valence-electron chi connectivity index (χ0n) is 16.6. The molecule has 1 aliphatic heterocycles. The number of carbonyl (C=O) groups is 3.